The molecule has 1 amide bonds. The van der Waals surface area contributed by atoms with E-state index in [2.05, 4.69) is 20.2 Å². The molecule has 0 radical (unpaired) electrons. The zero-order valence-corrected chi connectivity index (χ0v) is 22.6. The summed E-state index contributed by atoms with van der Waals surface area (Å²) in [4.78, 5) is 34.6. The number of pyridine rings is 2. The first-order chi connectivity index (χ1) is 19.6. The van der Waals surface area contributed by atoms with E-state index in [9.17, 15) is 22.8 Å². The molecule has 1 aromatic carbocycles. The van der Waals surface area contributed by atoms with E-state index in [1.54, 1.807) is 6.07 Å². The van der Waals surface area contributed by atoms with Gasteiger partial charge in [0.25, 0.3) is 5.91 Å². The first kappa shape index (κ1) is 30.2. The van der Waals surface area contributed by atoms with Gasteiger partial charge in [0.1, 0.15) is 5.82 Å². The quantitative estimate of drug-likeness (QED) is 0.395. The van der Waals surface area contributed by atoms with Crippen LogP contribution in [0.4, 0.5) is 28.9 Å². The van der Waals surface area contributed by atoms with Gasteiger partial charge in [0.05, 0.1) is 22.5 Å². The van der Waals surface area contributed by atoms with Crippen LogP contribution in [0.2, 0.25) is 0 Å². The van der Waals surface area contributed by atoms with Crippen molar-refractivity contribution < 1.29 is 27.1 Å². The van der Waals surface area contributed by atoms with E-state index in [-0.39, 0.29) is 17.8 Å². The Morgan fingerprint density at radius 3 is 2.41 bits per heavy atom. The van der Waals surface area contributed by atoms with Crippen molar-refractivity contribution in [1.82, 2.24) is 14.9 Å². The summed E-state index contributed by atoms with van der Waals surface area (Å²) in [6.45, 7) is 4.58. The predicted molar refractivity (Wildman–Crippen MR) is 147 cm³/mol. The second-order valence-corrected chi connectivity index (χ2v) is 9.82. The summed E-state index contributed by atoms with van der Waals surface area (Å²) >= 11 is 0. The molecule has 4 heterocycles. The minimum atomic E-state index is -4.93. The van der Waals surface area contributed by atoms with Crippen molar-refractivity contribution >= 4 is 17.3 Å². The molecule has 0 bridgehead atoms. The third-order valence-corrected chi connectivity index (χ3v) is 6.82. The van der Waals surface area contributed by atoms with Gasteiger partial charge >= 0.3 is 6.18 Å². The molecule has 2 aromatic heterocycles. The number of nitrogens with two attached hydrogens (primary N) is 1. The van der Waals surface area contributed by atoms with Crippen LogP contribution in [0.3, 0.4) is 0 Å². The number of nitrogens with zero attached hydrogens (tertiary/aromatic N) is 3. The minimum Gasteiger partial charge on any atom is -0.381 e. The molecule has 2 aliphatic heterocycles. The average molecular weight is 577 g/mol. The van der Waals surface area contributed by atoms with Gasteiger partial charge in [-0.25, -0.2) is 4.39 Å². The number of halogens is 4. The molecule has 2 fully saturated rings. The number of alkyl halides is 3. The maximum absolute atomic E-state index is 15.3. The fourth-order valence-corrected chi connectivity index (χ4v) is 4.53. The number of ether oxygens (including phenoxy) is 1. The number of benzene rings is 1. The number of nitrogens with one attached hydrogen (secondary N) is 2. The average Bonchev–Trinajstić information content (AvgIpc) is 3.54. The van der Waals surface area contributed by atoms with Crippen LogP contribution in [0.15, 0.2) is 47.7 Å². The van der Waals surface area contributed by atoms with E-state index in [1.165, 1.54) is 37.4 Å². The van der Waals surface area contributed by atoms with Gasteiger partial charge in [0.2, 0.25) is 5.56 Å². The summed E-state index contributed by atoms with van der Waals surface area (Å²) in [6.07, 6.45) is 1.32. The lowest BCUT2D eigenvalue weighted by molar-refractivity contribution is -0.138. The summed E-state index contributed by atoms with van der Waals surface area (Å²) in [7, 11) is 1.94. The molecule has 0 spiro atoms. The van der Waals surface area contributed by atoms with E-state index in [0.717, 1.165) is 19.4 Å². The van der Waals surface area contributed by atoms with E-state index in [0.29, 0.717) is 49.1 Å². The molecule has 41 heavy (non-hydrogen) atoms. The molecule has 0 aliphatic carbocycles. The Morgan fingerprint density at radius 2 is 1.80 bits per heavy atom. The summed E-state index contributed by atoms with van der Waals surface area (Å²) < 4.78 is 60.9. The number of hydrogen-bond donors (Lipinski definition) is 3. The summed E-state index contributed by atoms with van der Waals surface area (Å²) in [5.41, 5.74) is 4.16. The maximum atomic E-state index is 15.3. The third kappa shape index (κ3) is 7.69. The van der Waals surface area contributed by atoms with Gasteiger partial charge in [-0.3, -0.25) is 14.6 Å². The molecule has 3 aromatic rings. The Balaban J connectivity index is 0.000000699. The lowest BCUT2D eigenvalue weighted by Gasteiger charge is -2.35. The molecule has 0 saturated carbocycles. The number of anilines is 2. The highest BCUT2D eigenvalue weighted by molar-refractivity contribution is 6.07. The van der Waals surface area contributed by atoms with Gasteiger partial charge in [0.15, 0.2) is 0 Å². The summed E-state index contributed by atoms with van der Waals surface area (Å²) in [5.74, 6) is -1.68. The normalized spacial score (nSPS) is 15.8. The van der Waals surface area contributed by atoms with E-state index >= 15 is 4.39 Å². The fraction of sp³-hybridized carbons (Fsp3) is 0.393. The number of likely N-dealkylation sites (N-methyl/N-ethyl adjacent to an activating group) is 1. The van der Waals surface area contributed by atoms with Crippen LogP contribution in [-0.4, -0.2) is 67.2 Å². The van der Waals surface area contributed by atoms with E-state index in [4.69, 9.17) is 10.5 Å². The van der Waals surface area contributed by atoms with Crippen molar-refractivity contribution in [3.8, 4) is 11.1 Å². The molecular formula is C28H32F4N6O3. The Labute approximate surface area is 234 Å². The van der Waals surface area contributed by atoms with Crippen molar-refractivity contribution in [1.29, 1.82) is 0 Å². The fourth-order valence-electron chi connectivity index (χ4n) is 4.53. The van der Waals surface area contributed by atoms with Crippen LogP contribution >= 0.6 is 0 Å². The topological polar surface area (TPSA) is 117 Å². The first-order valence-electron chi connectivity index (χ1n) is 13.2. The molecule has 0 unspecified atom stereocenters. The Kier molecular flexibility index (Phi) is 9.73. The molecule has 9 nitrogen and oxygen atoms in total. The van der Waals surface area contributed by atoms with Crippen molar-refractivity contribution in [2.45, 2.75) is 25.6 Å². The van der Waals surface area contributed by atoms with Crippen LogP contribution < -0.4 is 21.5 Å². The van der Waals surface area contributed by atoms with Gasteiger partial charge in [-0.2, -0.15) is 13.2 Å². The molecule has 13 heteroatoms. The number of carbonyl (C=O) groups is 1. The number of piperazine rings is 1. The largest absolute Gasteiger partial charge is 0.417 e. The highest BCUT2D eigenvalue weighted by atomic mass is 19.4. The highest BCUT2D eigenvalue weighted by Gasteiger charge is 2.36. The summed E-state index contributed by atoms with van der Waals surface area (Å²) in [6, 6.07) is 4.60. The highest BCUT2D eigenvalue weighted by Crippen LogP contribution is 2.36. The zero-order chi connectivity index (χ0) is 29.6. The van der Waals surface area contributed by atoms with Gasteiger partial charge < -0.3 is 30.6 Å². The number of carbonyl (C=O) groups excluding carboxylic acids is 1. The number of amides is 1. The molecule has 2 aliphatic rings. The van der Waals surface area contributed by atoms with Crippen LogP contribution in [0.1, 0.15) is 34.3 Å². The van der Waals surface area contributed by atoms with Gasteiger partial charge in [-0.1, -0.05) is 0 Å². The minimum absolute atomic E-state index is 0.100. The standard InChI is InChI=1S/C24H24F4N6O2.C4H8O/c1-33-2-4-34(5-3-33)21-9-19(25)16(15-6-14(10-29)11-30-12-15)7-20(21)32-23(36)17-13-31-22(35)8-18(17)24(26,27)28;1-2-4-5-3-1/h6-9,11-13H,2-5,10,29H2,1H3,(H,31,35)(H,32,36);1-4H2. The van der Waals surface area contributed by atoms with E-state index in [1.807, 2.05) is 11.9 Å². The molecular weight excluding hydrogens is 544 g/mol. The monoisotopic (exact) mass is 576 g/mol. The lowest BCUT2D eigenvalue weighted by Crippen LogP contribution is -2.44. The second kappa shape index (κ2) is 13.2. The number of aromatic amines is 1. The Hall–Kier alpha value is -3.81. The van der Waals surface area contributed by atoms with Crippen LogP contribution in [0, 0.1) is 5.82 Å². The number of aromatic nitrogens is 2. The van der Waals surface area contributed by atoms with Crippen LogP contribution in [-0.2, 0) is 17.5 Å². The number of H-pyrrole nitrogens is 1. The van der Waals surface area contributed by atoms with E-state index < -0.39 is 34.6 Å². The van der Waals surface area contributed by atoms with Crippen molar-refractivity contribution in [3.05, 3.63) is 75.7 Å². The van der Waals surface area contributed by atoms with Gasteiger partial charge in [-0.15, -0.1) is 0 Å². The molecule has 0 atom stereocenters. The number of hydrogen-bond acceptors (Lipinski definition) is 7. The Morgan fingerprint density at radius 1 is 1.10 bits per heavy atom. The van der Waals surface area contributed by atoms with Crippen LogP contribution in [0.5, 0.6) is 0 Å². The Bertz CT molecular complexity index is 1410. The van der Waals surface area contributed by atoms with Gasteiger partial charge in [-0.05, 0) is 43.7 Å². The SMILES string of the molecule is C1CCOC1.CN1CCN(c2cc(F)c(-c3cncc(CN)c3)cc2NC(=O)c2c[nH]c(=O)cc2C(F)(F)F)CC1. The zero-order valence-electron chi connectivity index (χ0n) is 22.6. The van der Waals surface area contributed by atoms with Crippen molar-refractivity contribution in [3.63, 3.8) is 0 Å². The molecule has 5 rings (SSSR count). The number of rotatable bonds is 5. The first-order valence-corrected chi connectivity index (χ1v) is 13.2. The third-order valence-electron chi connectivity index (χ3n) is 6.82. The summed E-state index contributed by atoms with van der Waals surface area (Å²) in [5, 5.41) is 2.51. The lowest BCUT2D eigenvalue weighted by atomic mass is 10.0. The second-order valence-electron chi connectivity index (χ2n) is 9.82. The van der Waals surface area contributed by atoms with Gasteiger partial charge in [0, 0.05) is 81.7 Å². The molecule has 2 saturated heterocycles. The predicted octanol–water partition coefficient (Wildman–Crippen LogP) is 3.85. The molecule has 220 valence electrons. The molecule has 4 N–H and O–H groups in total. The smallest absolute Gasteiger partial charge is 0.381 e. The van der Waals surface area contributed by atoms with Crippen LogP contribution in [0.25, 0.3) is 11.1 Å². The maximum Gasteiger partial charge on any atom is 0.417 e. The van der Waals surface area contributed by atoms with Crippen molar-refractivity contribution in [2.75, 3.05) is 56.7 Å². The van der Waals surface area contributed by atoms with Crippen molar-refractivity contribution in [2.24, 2.45) is 5.73 Å².